The first-order valence-corrected chi connectivity index (χ1v) is 7.64. The van der Waals surface area contributed by atoms with Crippen molar-refractivity contribution in [2.75, 3.05) is 6.61 Å². The van der Waals surface area contributed by atoms with Gasteiger partial charge in [0.1, 0.15) is 11.3 Å². The van der Waals surface area contributed by atoms with Gasteiger partial charge in [-0.25, -0.2) is 14.2 Å². The zero-order valence-corrected chi connectivity index (χ0v) is 13.5. The Hall–Kier alpha value is -2.66. The standard InChI is InChI=1S/C18H13ClFNO3/c1-2-24-16-6-4-3-5-11(16)15-9-13(18(22)23)12-7-10(19)8-14(20)17(12)21-15/h3-9H,2H2,1H3,(H,22,23). The summed E-state index contributed by atoms with van der Waals surface area (Å²) in [5.41, 5.74) is 0.812. The van der Waals surface area contributed by atoms with Crippen molar-refractivity contribution in [2.24, 2.45) is 0 Å². The van der Waals surface area contributed by atoms with Crippen LogP contribution in [0.15, 0.2) is 42.5 Å². The van der Waals surface area contributed by atoms with E-state index in [0.29, 0.717) is 23.6 Å². The Labute approximate surface area is 142 Å². The Bertz CT molecular complexity index is 943. The first kappa shape index (κ1) is 16.2. The van der Waals surface area contributed by atoms with Gasteiger partial charge < -0.3 is 9.84 Å². The minimum Gasteiger partial charge on any atom is -0.493 e. The number of rotatable bonds is 4. The third kappa shape index (κ3) is 2.90. The van der Waals surface area contributed by atoms with Gasteiger partial charge in [0.2, 0.25) is 0 Å². The molecule has 3 rings (SSSR count). The minimum atomic E-state index is -1.18. The van der Waals surface area contributed by atoms with Crippen molar-refractivity contribution >= 4 is 28.5 Å². The fourth-order valence-electron chi connectivity index (χ4n) is 2.53. The number of hydrogen-bond donors (Lipinski definition) is 1. The van der Waals surface area contributed by atoms with E-state index in [-0.39, 0.29) is 21.5 Å². The van der Waals surface area contributed by atoms with Crippen molar-refractivity contribution < 1.29 is 19.0 Å². The zero-order chi connectivity index (χ0) is 17.3. The second-order valence-corrected chi connectivity index (χ2v) is 5.51. The van der Waals surface area contributed by atoms with Crippen LogP contribution in [-0.2, 0) is 0 Å². The summed E-state index contributed by atoms with van der Waals surface area (Å²) in [6.45, 7) is 2.29. The average molecular weight is 346 g/mol. The Kier molecular flexibility index (Phi) is 4.36. The molecule has 1 N–H and O–H groups in total. The largest absolute Gasteiger partial charge is 0.493 e. The molecule has 1 heterocycles. The Morgan fingerprint density at radius 2 is 2.04 bits per heavy atom. The molecule has 0 saturated carbocycles. The monoisotopic (exact) mass is 345 g/mol. The molecule has 0 aliphatic rings. The number of carboxylic acids is 1. The molecule has 24 heavy (non-hydrogen) atoms. The van der Waals surface area contributed by atoms with Crippen molar-refractivity contribution in [2.45, 2.75) is 6.92 Å². The Morgan fingerprint density at radius 3 is 2.75 bits per heavy atom. The van der Waals surface area contributed by atoms with Gasteiger partial charge in [-0.2, -0.15) is 0 Å². The maximum atomic E-state index is 14.3. The fraction of sp³-hybridized carbons (Fsp3) is 0.111. The van der Waals surface area contributed by atoms with E-state index in [1.807, 2.05) is 6.92 Å². The number of pyridine rings is 1. The third-order valence-corrected chi connectivity index (χ3v) is 3.74. The van der Waals surface area contributed by atoms with Crippen LogP contribution < -0.4 is 4.74 Å². The summed E-state index contributed by atoms with van der Waals surface area (Å²) in [6, 6.07) is 11.0. The van der Waals surface area contributed by atoms with Crippen LogP contribution in [0.4, 0.5) is 4.39 Å². The minimum absolute atomic E-state index is 0.0411. The normalized spacial score (nSPS) is 10.8. The summed E-state index contributed by atoms with van der Waals surface area (Å²) in [4.78, 5) is 15.9. The molecule has 0 bridgehead atoms. The second-order valence-electron chi connectivity index (χ2n) is 5.07. The van der Waals surface area contributed by atoms with E-state index < -0.39 is 11.8 Å². The summed E-state index contributed by atoms with van der Waals surface area (Å²) < 4.78 is 19.8. The molecular formula is C18H13ClFNO3. The molecule has 0 aliphatic carbocycles. The molecule has 4 nitrogen and oxygen atoms in total. The number of para-hydroxylation sites is 1. The molecule has 0 saturated heterocycles. The highest BCUT2D eigenvalue weighted by Crippen LogP contribution is 2.33. The quantitative estimate of drug-likeness (QED) is 0.738. The van der Waals surface area contributed by atoms with Gasteiger partial charge >= 0.3 is 5.97 Å². The Balaban J connectivity index is 2.33. The van der Waals surface area contributed by atoms with Crippen molar-refractivity contribution in [3.05, 3.63) is 58.9 Å². The van der Waals surface area contributed by atoms with E-state index in [9.17, 15) is 14.3 Å². The van der Waals surface area contributed by atoms with Gasteiger partial charge in [-0.1, -0.05) is 23.7 Å². The van der Waals surface area contributed by atoms with Gasteiger partial charge in [0, 0.05) is 16.0 Å². The highest BCUT2D eigenvalue weighted by Gasteiger charge is 2.18. The highest BCUT2D eigenvalue weighted by atomic mass is 35.5. The van der Waals surface area contributed by atoms with Crippen LogP contribution >= 0.6 is 11.6 Å². The van der Waals surface area contributed by atoms with E-state index in [2.05, 4.69) is 4.98 Å². The Morgan fingerprint density at radius 1 is 1.29 bits per heavy atom. The number of carbonyl (C=O) groups is 1. The highest BCUT2D eigenvalue weighted by molar-refractivity contribution is 6.31. The van der Waals surface area contributed by atoms with Crippen LogP contribution in [-0.4, -0.2) is 22.7 Å². The molecule has 0 atom stereocenters. The van der Waals surface area contributed by atoms with Crippen LogP contribution in [0.25, 0.3) is 22.2 Å². The maximum Gasteiger partial charge on any atom is 0.336 e. The predicted octanol–water partition coefficient (Wildman–Crippen LogP) is 4.79. The van der Waals surface area contributed by atoms with Gasteiger partial charge in [0.05, 0.1) is 17.9 Å². The average Bonchev–Trinajstić information content (AvgIpc) is 2.55. The van der Waals surface area contributed by atoms with Crippen LogP contribution in [0.5, 0.6) is 5.75 Å². The maximum absolute atomic E-state index is 14.3. The number of halogens is 2. The van der Waals surface area contributed by atoms with Crippen molar-refractivity contribution in [1.82, 2.24) is 4.98 Å². The molecule has 0 aliphatic heterocycles. The van der Waals surface area contributed by atoms with Crippen molar-refractivity contribution in [1.29, 1.82) is 0 Å². The van der Waals surface area contributed by atoms with E-state index >= 15 is 0 Å². The zero-order valence-electron chi connectivity index (χ0n) is 12.7. The second kappa shape index (κ2) is 6.45. The summed E-state index contributed by atoms with van der Waals surface area (Å²) in [7, 11) is 0. The van der Waals surface area contributed by atoms with Crippen molar-refractivity contribution in [3.63, 3.8) is 0 Å². The van der Waals surface area contributed by atoms with E-state index in [4.69, 9.17) is 16.3 Å². The number of hydrogen-bond acceptors (Lipinski definition) is 3. The molecule has 3 aromatic rings. The summed E-state index contributed by atoms with van der Waals surface area (Å²) in [5.74, 6) is -1.30. The lowest BCUT2D eigenvalue weighted by atomic mass is 10.0. The van der Waals surface area contributed by atoms with Gasteiger partial charge in [-0.15, -0.1) is 0 Å². The third-order valence-electron chi connectivity index (χ3n) is 3.52. The van der Waals surface area contributed by atoms with E-state index in [0.717, 1.165) is 6.07 Å². The van der Waals surface area contributed by atoms with Crippen molar-refractivity contribution in [3.8, 4) is 17.0 Å². The van der Waals surface area contributed by atoms with Gasteiger partial charge in [-0.3, -0.25) is 0 Å². The first-order valence-electron chi connectivity index (χ1n) is 7.26. The summed E-state index contributed by atoms with van der Waals surface area (Å²) >= 11 is 5.84. The molecule has 0 amide bonds. The fourth-order valence-corrected chi connectivity index (χ4v) is 2.73. The molecule has 0 unspecified atom stereocenters. The van der Waals surface area contributed by atoms with Crippen LogP contribution in [0.3, 0.4) is 0 Å². The SMILES string of the molecule is CCOc1ccccc1-c1cc(C(=O)O)c2cc(Cl)cc(F)c2n1. The molecule has 2 aromatic carbocycles. The van der Waals surface area contributed by atoms with Gasteiger partial charge in [0.15, 0.2) is 5.82 Å². The molecule has 0 radical (unpaired) electrons. The molecule has 6 heteroatoms. The lowest BCUT2D eigenvalue weighted by Crippen LogP contribution is -2.02. The molecular weight excluding hydrogens is 333 g/mol. The topological polar surface area (TPSA) is 59.4 Å². The number of fused-ring (bicyclic) bond motifs is 1. The number of aromatic nitrogens is 1. The number of carboxylic acid groups (broad SMARTS) is 1. The lowest BCUT2D eigenvalue weighted by Gasteiger charge is -2.12. The summed E-state index contributed by atoms with van der Waals surface area (Å²) in [6.07, 6.45) is 0. The lowest BCUT2D eigenvalue weighted by molar-refractivity contribution is 0.0699. The van der Waals surface area contributed by atoms with E-state index in [1.54, 1.807) is 24.3 Å². The van der Waals surface area contributed by atoms with Gasteiger partial charge in [0.25, 0.3) is 0 Å². The molecule has 1 aromatic heterocycles. The van der Waals surface area contributed by atoms with Crippen LogP contribution in [0.2, 0.25) is 5.02 Å². The molecule has 0 fully saturated rings. The van der Waals surface area contributed by atoms with Gasteiger partial charge in [-0.05, 0) is 37.3 Å². The smallest absolute Gasteiger partial charge is 0.336 e. The molecule has 0 spiro atoms. The molecule has 122 valence electrons. The first-order chi connectivity index (χ1) is 11.5. The van der Waals surface area contributed by atoms with Crippen LogP contribution in [0, 0.1) is 5.82 Å². The predicted molar refractivity (Wildman–Crippen MR) is 90.3 cm³/mol. The summed E-state index contributed by atoms with van der Waals surface area (Å²) in [5, 5.41) is 9.76. The number of aromatic carboxylic acids is 1. The number of benzene rings is 2. The van der Waals surface area contributed by atoms with E-state index in [1.165, 1.54) is 12.1 Å². The number of nitrogens with zero attached hydrogens (tertiary/aromatic N) is 1. The number of ether oxygens (including phenoxy) is 1. The van der Waals surface area contributed by atoms with Crippen LogP contribution in [0.1, 0.15) is 17.3 Å².